The van der Waals surface area contributed by atoms with Crippen molar-refractivity contribution in [1.82, 2.24) is 14.9 Å². The van der Waals surface area contributed by atoms with Crippen molar-refractivity contribution < 1.29 is 18.0 Å². The summed E-state index contributed by atoms with van der Waals surface area (Å²) >= 11 is 0. The van der Waals surface area contributed by atoms with Crippen LogP contribution in [0.15, 0.2) is 59.5 Å². The van der Waals surface area contributed by atoms with E-state index in [1.807, 2.05) is 18.2 Å². The van der Waals surface area contributed by atoms with Gasteiger partial charge < -0.3 is 15.5 Å². The van der Waals surface area contributed by atoms with Gasteiger partial charge in [-0.05, 0) is 48.2 Å². The van der Waals surface area contributed by atoms with Crippen LogP contribution < -0.4 is 15.4 Å². The smallest absolute Gasteiger partial charge is 0.317 e. The van der Waals surface area contributed by atoms with Crippen LogP contribution in [0, 0.1) is 0 Å². The maximum absolute atomic E-state index is 12.4. The van der Waals surface area contributed by atoms with Gasteiger partial charge in [-0.25, -0.2) is 17.9 Å². The summed E-state index contributed by atoms with van der Waals surface area (Å²) in [6.07, 6.45) is 4.77. The van der Waals surface area contributed by atoms with Gasteiger partial charge in [-0.1, -0.05) is 30.3 Å². The van der Waals surface area contributed by atoms with Crippen molar-refractivity contribution in [2.24, 2.45) is 0 Å². The zero-order chi connectivity index (χ0) is 21.8. The average Bonchev–Trinajstić information content (AvgIpc) is 3.47. The van der Waals surface area contributed by atoms with Crippen LogP contribution >= 0.6 is 0 Å². The van der Waals surface area contributed by atoms with Crippen LogP contribution in [0.3, 0.4) is 0 Å². The summed E-state index contributed by atoms with van der Waals surface area (Å²) in [5.41, 5.74) is 2.20. The van der Waals surface area contributed by atoms with Gasteiger partial charge in [-0.2, -0.15) is 0 Å². The van der Waals surface area contributed by atoms with Crippen LogP contribution in [0.5, 0.6) is 0 Å². The number of benzene rings is 2. The summed E-state index contributed by atoms with van der Waals surface area (Å²) in [5, 5.41) is 5.60. The van der Waals surface area contributed by atoms with Gasteiger partial charge in [0, 0.05) is 37.4 Å². The molecule has 1 saturated heterocycles. The van der Waals surface area contributed by atoms with Crippen LogP contribution in [0.1, 0.15) is 24.0 Å². The molecule has 2 aromatic carbocycles. The molecule has 3 N–H and O–H groups in total. The first-order valence-electron chi connectivity index (χ1n) is 10.1. The van der Waals surface area contributed by atoms with E-state index in [1.54, 1.807) is 29.2 Å². The van der Waals surface area contributed by atoms with Crippen molar-refractivity contribution in [2.45, 2.75) is 30.3 Å². The molecule has 2 fully saturated rings. The highest BCUT2D eigenvalue weighted by molar-refractivity contribution is 7.89. The Morgan fingerprint density at radius 1 is 1.13 bits per heavy atom. The lowest BCUT2D eigenvalue weighted by molar-refractivity contribution is -0.111. The maximum atomic E-state index is 12.4. The molecule has 162 valence electrons. The van der Waals surface area contributed by atoms with Gasteiger partial charge in [0.2, 0.25) is 15.9 Å². The zero-order valence-corrected chi connectivity index (χ0v) is 17.7. The fraction of sp³-hybridized carbons (Fsp3) is 0.273. The molecule has 1 aliphatic carbocycles. The van der Waals surface area contributed by atoms with Crippen LogP contribution in [-0.2, 0) is 21.4 Å². The van der Waals surface area contributed by atoms with E-state index in [2.05, 4.69) is 15.4 Å². The number of carbonyl (C=O) groups excluding carboxylic acids is 2. The third-order valence-electron chi connectivity index (χ3n) is 5.10. The first-order chi connectivity index (χ1) is 14.9. The first-order valence-corrected chi connectivity index (χ1v) is 11.6. The van der Waals surface area contributed by atoms with Gasteiger partial charge in [-0.3, -0.25) is 4.79 Å². The maximum Gasteiger partial charge on any atom is 0.317 e. The minimum atomic E-state index is -3.49. The molecule has 1 saturated carbocycles. The Hall–Kier alpha value is -3.17. The Morgan fingerprint density at radius 2 is 1.87 bits per heavy atom. The van der Waals surface area contributed by atoms with Gasteiger partial charge in [-0.15, -0.1) is 0 Å². The molecule has 9 heteroatoms. The van der Waals surface area contributed by atoms with Crippen molar-refractivity contribution in [3.8, 4) is 0 Å². The average molecular weight is 441 g/mol. The number of hydrogen-bond acceptors (Lipinski definition) is 4. The zero-order valence-electron chi connectivity index (χ0n) is 16.9. The fourth-order valence-corrected chi connectivity index (χ4v) is 4.55. The van der Waals surface area contributed by atoms with Gasteiger partial charge in [0.1, 0.15) is 0 Å². The van der Waals surface area contributed by atoms with E-state index in [9.17, 15) is 18.0 Å². The summed E-state index contributed by atoms with van der Waals surface area (Å²) in [5.74, 6) is -0.314. The molecule has 2 aliphatic rings. The Morgan fingerprint density at radius 3 is 2.55 bits per heavy atom. The molecule has 0 atom stereocenters. The van der Waals surface area contributed by atoms with E-state index in [0.717, 1.165) is 18.4 Å². The van der Waals surface area contributed by atoms with Crippen LogP contribution in [0.4, 0.5) is 10.5 Å². The van der Waals surface area contributed by atoms with Crippen LogP contribution in [-0.4, -0.2) is 44.4 Å². The highest BCUT2D eigenvalue weighted by Gasteiger charge is 2.27. The number of carbonyl (C=O) groups is 2. The number of hydrogen-bond donors (Lipinski definition) is 3. The molecule has 2 aromatic rings. The second-order valence-electron chi connectivity index (χ2n) is 7.60. The van der Waals surface area contributed by atoms with Gasteiger partial charge >= 0.3 is 6.03 Å². The van der Waals surface area contributed by atoms with Crippen molar-refractivity contribution in [1.29, 1.82) is 0 Å². The summed E-state index contributed by atoms with van der Waals surface area (Å²) in [6, 6.07) is 13.7. The quantitative estimate of drug-likeness (QED) is 0.548. The van der Waals surface area contributed by atoms with E-state index in [1.165, 1.54) is 18.2 Å². The summed E-state index contributed by atoms with van der Waals surface area (Å²) < 4.78 is 27.1. The molecule has 8 nitrogen and oxygen atoms in total. The van der Waals surface area contributed by atoms with E-state index >= 15 is 0 Å². The molecule has 0 radical (unpaired) electrons. The lowest BCUT2D eigenvalue weighted by atomic mass is 10.1. The Bertz CT molecular complexity index is 1110. The van der Waals surface area contributed by atoms with Crippen LogP contribution in [0.2, 0.25) is 0 Å². The van der Waals surface area contributed by atoms with Crippen molar-refractivity contribution in [3.05, 3.63) is 65.7 Å². The normalized spacial score (nSPS) is 16.5. The van der Waals surface area contributed by atoms with Crippen LogP contribution in [0.25, 0.3) is 6.08 Å². The number of anilines is 1. The predicted molar refractivity (Wildman–Crippen MR) is 118 cm³/mol. The molecule has 4 rings (SSSR count). The lowest BCUT2D eigenvalue weighted by Crippen LogP contribution is -2.28. The molecule has 1 aliphatic heterocycles. The summed E-state index contributed by atoms with van der Waals surface area (Å²) in [7, 11) is -3.49. The number of rotatable bonds is 8. The van der Waals surface area contributed by atoms with E-state index in [-0.39, 0.29) is 22.9 Å². The molecule has 31 heavy (non-hydrogen) atoms. The Labute approximate surface area is 181 Å². The van der Waals surface area contributed by atoms with Crippen molar-refractivity contribution in [3.63, 3.8) is 0 Å². The number of amides is 3. The number of nitrogens with one attached hydrogen (secondary N) is 3. The number of urea groups is 1. The second kappa shape index (κ2) is 8.91. The summed E-state index contributed by atoms with van der Waals surface area (Å²) in [6.45, 7) is 1.66. The minimum absolute atomic E-state index is 0.0519. The molecular weight excluding hydrogens is 416 g/mol. The third-order valence-corrected chi connectivity index (χ3v) is 6.63. The molecule has 0 bridgehead atoms. The van der Waals surface area contributed by atoms with Crippen molar-refractivity contribution in [2.75, 3.05) is 18.4 Å². The van der Waals surface area contributed by atoms with Crippen molar-refractivity contribution >= 4 is 33.7 Å². The Kier molecular flexibility index (Phi) is 6.06. The minimum Gasteiger partial charge on any atom is -0.336 e. The predicted octanol–water partition coefficient (Wildman–Crippen LogP) is 2.30. The number of nitrogens with zero attached hydrogens (tertiary/aromatic N) is 1. The Balaban J connectivity index is 1.38. The highest BCUT2D eigenvalue weighted by atomic mass is 32.2. The highest BCUT2D eigenvalue weighted by Crippen LogP contribution is 2.22. The number of para-hydroxylation sites is 1. The molecular formula is C22H24N4O4S. The van der Waals surface area contributed by atoms with Gasteiger partial charge in [0.05, 0.1) is 4.90 Å². The molecule has 0 spiro atoms. The molecule has 3 amide bonds. The second-order valence-corrected chi connectivity index (χ2v) is 9.31. The van der Waals surface area contributed by atoms with Gasteiger partial charge in [0.25, 0.3) is 0 Å². The monoisotopic (exact) mass is 440 g/mol. The topological polar surface area (TPSA) is 108 Å². The van der Waals surface area contributed by atoms with E-state index in [4.69, 9.17) is 0 Å². The molecule has 1 heterocycles. The van der Waals surface area contributed by atoms with Gasteiger partial charge in [0.15, 0.2) is 0 Å². The summed E-state index contributed by atoms with van der Waals surface area (Å²) in [4.78, 5) is 26.1. The largest absolute Gasteiger partial charge is 0.336 e. The SMILES string of the molecule is O=C(/C=C/c1ccc(S(=O)(=O)NC2CC2)cc1)Nc1ccccc1CN1CCNC1=O. The molecule has 0 aromatic heterocycles. The first kappa shape index (κ1) is 21.1. The van der Waals surface area contributed by atoms with E-state index < -0.39 is 10.0 Å². The third kappa shape index (κ3) is 5.50. The lowest BCUT2D eigenvalue weighted by Gasteiger charge is -2.17. The fourth-order valence-electron chi connectivity index (χ4n) is 3.24. The molecule has 0 unspecified atom stereocenters. The standard InChI is InChI=1S/C22H24N4O4S/c27-21(24-20-4-2-1-3-17(20)15-26-14-13-23-22(26)28)12-7-16-5-10-19(11-6-16)31(29,30)25-18-8-9-18/h1-7,10-12,18,25H,8-9,13-15H2,(H,23,28)(H,24,27)/b12-7+. The van der Waals surface area contributed by atoms with E-state index in [0.29, 0.717) is 30.9 Å². The number of sulfonamides is 1.